The van der Waals surface area contributed by atoms with Crippen molar-refractivity contribution in [2.45, 2.75) is 19.8 Å². The van der Waals surface area contributed by atoms with E-state index in [1.807, 2.05) is 31.2 Å². The summed E-state index contributed by atoms with van der Waals surface area (Å²) >= 11 is 1.26. The number of nitrogens with one attached hydrogen (secondary N) is 1. The SMILES string of the molecule is Cc1ccc(-c2csc(NC(=O)CN3C(=O)[C@@H]4CC=CC[C@H]4C3=O)n2)o1. The number of allylic oxidation sites excluding steroid dienone is 2. The molecule has 0 saturated carbocycles. The number of hydrogen-bond donors (Lipinski definition) is 1. The van der Waals surface area contributed by atoms with E-state index in [1.54, 1.807) is 5.38 Å². The smallest absolute Gasteiger partial charge is 0.246 e. The molecule has 8 heteroatoms. The molecule has 1 saturated heterocycles. The number of nitrogens with zero attached hydrogens (tertiary/aromatic N) is 2. The lowest BCUT2D eigenvalue weighted by Crippen LogP contribution is -2.38. The van der Waals surface area contributed by atoms with Crippen LogP contribution in [0.25, 0.3) is 11.5 Å². The summed E-state index contributed by atoms with van der Waals surface area (Å²) in [5.41, 5.74) is 0.629. The molecule has 2 aliphatic rings. The van der Waals surface area contributed by atoms with Crippen molar-refractivity contribution in [1.82, 2.24) is 9.88 Å². The fourth-order valence-corrected chi connectivity index (χ4v) is 4.06. The van der Waals surface area contributed by atoms with Gasteiger partial charge >= 0.3 is 0 Å². The normalized spacial score (nSPS) is 22.0. The number of aryl methyl sites for hydroxylation is 1. The van der Waals surface area contributed by atoms with Crippen LogP contribution in [0.1, 0.15) is 18.6 Å². The van der Waals surface area contributed by atoms with Crippen molar-refractivity contribution in [3.63, 3.8) is 0 Å². The van der Waals surface area contributed by atoms with Crippen molar-refractivity contribution < 1.29 is 18.8 Å². The third-order valence-corrected chi connectivity index (χ3v) is 5.40. The molecule has 1 N–H and O–H groups in total. The lowest BCUT2D eigenvalue weighted by Gasteiger charge is -2.14. The number of amides is 3. The van der Waals surface area contributed by atoms with Crippen LogP contribution in [0.15, 0.2) is 34.1 Å². The van der Waals surface area contributed by atoms with Crippen molar-refractivity contribution >= 4 is 34.2 Å². The van der Waals surface area contributed by atoms with Crippen molar-refractivity contribution in [2.24, 2.45) is 11.8 Å². The third kappa shape index (κ3) is 2.96. The Labute approximate surface area is 153 Å². The summed E-state index contributed by atoms with van der Waals surface area (Å²) in [4.78, 5) is 42.5. The molecule has 0 bridgehead atoms. The van der Waals surface area contributed by atoms with Crippen LogP contribution in [0.4, 0.5) is 5.13 Å². The van der Waals surface area contributed by atoms with Gasteiger partial charge in [0.2, 0.25) is 17.7 Å². The minimum absolute atomic E-state index is 0.259. The van der Waals surface area contributed by atoms with Gasteiger partial charge in [0.15, 0.2) is 10.9 Å². The molecule has 1 aliphatic carbocycles. The van der Waals surface area contributed by atoms with Crippen LogP contribution < -0.4 is 5.32 Å². The number of likely N-dealkylation sites (tertiary alicyclic amines) is 1. The van der Waals surface area contributed by atoms with E-state index in [4.69, 9.17) is 4.42 Å². The Bertz CT molecular complexity index is 887. The zero-order chi connectivity index (χ0) is 18.3. The molecular weight excluding hydrogens is 354 g/mol. The standard InChI is InChI=1S/C18H17N3O4S/c1-10-6-7-14(25-10)13-9-26-18(19-13)20-15(22)8-21-16(23)11-4-2-3-5-12(11)17(21)24/h2-3,6-7,9,11-12H,4-5,8H2,1H3,(H,19,20,22)/t11-,12-/m1/s1. The summed E-state index contributed by atoms with van der Waals surface area (Å²) in [6, 6.07) is 3.65. The van der Waals surface area contributed by atoms with E-state index < -0.39 is 5.91 Å². The number of fused-ring (bicyclic) bond motifs is 1. The number of carbonyl (C=O) groups is 3. The number of hydrogen-bond acceptors (Lipinski definition) is 6. The highest BCUT2D eigenvalue weighted by Crippen LogP contribution is 2.35. The van der Waals surface area contributed by atoms with E-state index in [2.05, 4.69) is 10.3 Å². The highest BCUT2D eigenvalue weighted by Gasteiger charge is 2.47. The first kappa shape index (κ1) is 16.7. The monoisotopic (exact) mass is 371 g/mol. The number of carbonyl (C=O) groups excluding carboxylic acids is 3. The van der Waals surface area contributed by atoms with Gasteiger partial charge in [0, 0.05) is 5.38 Å². The second-order valence-corrected chi connectivity index (χ2v) is 7.27. The number of anilines is 1. The minimum atomic E-state index is -0.435. The molecule has 3 amide bonds. The average molecular weight is 371 g/mol. The molecule has 0 spiro atoms. The maximum Gasteiger partial charge on any atom is 0.246 e. The minimum Gasteiger partial charge on any atom is -0.460 e. The van der Waals surface area contributed by atoms with Crippen molar-refractivity contribution in [3.05, 3.63) is 35.4 Å². The summed E-state index contributed by atoms with van der Waals surface area (Å²) in [6.45, 7) is 1.56. The van der Waals surface area contributed by atoms with Gasteiger partial charge in [-0.1, -0.05) is 12.2 Å². The summed E-state index contributed by atoms with van der Waals surface area (Å²) < 4.78 is 5.51. The zero-order valence-electron chi connectivity index (χ0n) is 14.1. The molecule has 3 heterocycles. The Kier molecular flexibility index (Phi) is 4.20. The van der Waals surface area contributed by atoms with Gasteiger partial charge in [-0.2, -0.15) is 0 Å². The maximum absolute atomic E-state index is 12.4. The first-order chi connectivity index (χ1) is 12.5. The fourth-order valence-electron chi connectivity index (χ4n) is 3.34. The molecule has 2 atom stereocenters. The van der Waals surface area contributed by atoms with Crippen molar-refractivity contribution in [2.75, 3.05) is 11.9 Å². The molecule has 4 rings (SSSR count). The zero-order valence-corrected chi connectivity index (χ0v) is 14.9. The Balaban J connectivity index is 1.41. The first-order valence-electron chi connectivity index (χ1n) is 8.35. The van der Waals surface area contributed by atoms with Gasteiger partial charge in [0.1, 0.15) is 18.0 Å². The van der Waals surface area contributed by atoms with Crippen molar-refractivity contribution in [3.8, 4) is 11.5 Å². The summed E-state index contributed by atoms with van der Waals surface area (Å²) in [6.07, 6.45) is 4.96. The van der Waals surface area contributed by atoms with Gasteiger partial charge in [-0.15, -0.1) is 11.3 Å². The second-order valence-electron chi connectivity index (χ2n) is 6.41. The topological polar surface area (TPSA) is 92.5 Å². The van der Waals surface area contributed by atoms with Gasteiger partial charge in [0.25, 0.3) is 0 Å². The van der Waals surface area contributed by atoms with Crippen LogP contribution in [0.3, 0.4) is 0 Å². The number of thiazole rings is 1. The fraction of sp³-hybridized carbons (Fsp3) is 0.333. The third-order valence-electron chi connectivity index (χ3n) is 4.64. The number of rotatable bonds is 4. The van der Waals surface area contributed by atoms with E-state index >= 15 is 0 Å². The Hall–Kier alpha value is -2.74. The first-order valence-corrected chi connectivity index (χ1v) is 9.23. The highest BCUT2D eigenvalue weighted by atomic mass is 32.1. The molecular formula is C18H17N3O4S. The Morgan fingerprint density at radius 2 is 1.96 bits per heavy atom. The maximum atomic E-state index is 12.4. The predicted octanol–water partition coefficient (Wildman–Crippen LogP) is 2.60. The van der Waals surface area contributed by atoms with E-state index in [-0.39, 0.29) is 30.2 Å². The van der Waals surface area contributed by atoms with Gasteiger partial charge in [0.05, 0.1) is 11.8 Å². The van der Waals surface area contributed by atoms with Gasteiger partial charge in [-0.25, -0.2) is 4.98 Å². The Morgan fingerprint density at radius 3 is 2.58 bits per heavy atom. The lowest BCUT2D eigenvalue weighted by molar-refractivity contribution is -0.142. The van der Waals surface area contributed by atoms with E-state index in [0.29, 0.717) is 29.4 Å². The molecule has 2 aromatic heterocycles. The lowest BCUT2D eigenvalue weighted by atomic mass is 9.85. The van der Waals surface area contributed by atoms with Gasteiger partial charge in [-0.05, 0) is 31.9 Å². The van der Waals surface area contributed by atoms with Gasteiger partial charge in [-0.3, -0.25) is 19.3 Å². The highest BCUT2D eigenvalue weighted by molar-refractivity contribution is 7.14. The number of aromatic nitrogens is 1. The molecule has 0 radical (unpaired) electrons. The van der Waals surface area contributed by atoms with Crippen LogP contribution >= 0.6 is 11.3 Å². The summed E-state index contributed by atoms with van der Waals surface area (Å²) in [5.74, 6) is -0.199. The average Bonchev–Trinajstić information content (AvgIpc) is 3.32. The molecule has 1 aliphatic heterocycles. The van der Waals surface area contributed by atoms with Crippen LogP contribution in [0, 0.1) is 18.8 Å². The predicted molar refractivity (Wildman–Crippen MR) is 95.3 cm³/mol. The van der Waals surface area contributed by atoms with Crippen LogP contribution in [0.2, 0.25) is 0 Å². The van der Waals surface area contributed by atoms with Crippen LogP contribution in [-0.4, -0.2) is 34.2 Å². The molecule has 2 aromatic rings. The molecule has 134 valence electrons. The van der Waals surface area contributed by atoms with E-state index in [0.717, 1.165) is 10.7 Å². The molecule has 7 nitrogen and oxygen atoms in total. The molecule has 26 heavy (non-hydrogen) atoms. The second kappa shape index (κ2) is 6.53. The summed E-state index contributed by atoms with van der Waals surface area (Å²) in [5, 5.41) is 4.83. The molecule has 0 unspecified atom stereocenters. The van der Waals surface area contributed by atoms with Crippen LogP contribution in [0.5, 0.6) is 0 Å². The number of imide groups is 1. The Morgan fingerprint density at radius 1 is 1.27 bits per heavy atom. The van der Waals surface area contributed by atoms with Crippen molar-refractivity contribution in [1.29, 1.82) is 0 Å². The largest absolute Gasteiger partial charge is 0.460 e. The van der Waals surface area contributed by atoms with Gasteiger partial charge < -0.3 is 9.73 Å². The summed E-state index contributed by atoms with van der Waals surface area (Å²) in [7, 11) is 0. The molecule has 1 fully saturated rings. The molecule has 0 aromatic carbocycles. The number of furan rings is 1. The van der Waals surface area contributed by atoms with E-state index in [1.165, 1.54) is 11.3 Å². The van der Waals surface area contributed by atoms with E-state index in [9.17, 15) is 14.4 Å². The quantitative estimate of drug-likeness (QED) is 0.659. The van der Waals surface area contributed by atoms with Crippen LogP contribution in [-0.2, 0) is 14.4 Å².